The molecule has 20 heavy (non-hydrogen) atoms. The van der Waals surface area contributed by atoms with E-state index in [1.54, 1.807) is 6.07 Å². The minimum Gasteiger partial charge on any atom is -0.320 e. The topological polar surface area (TPSA) is 26.0 Å². The highest BCUT2D eigenvalue weighted by atomic mass is 79.9. The molecule has 0 amide bonds. The quantitative estimate of drug-likeness (QED) is 0.848. The van der Waals surface area contributed by atoms with Crippen molar-refractivity contribution in [3.63, 3.8) is 0 Å². The minimum absolute atomic E-state index is 0.250. The van der Waals surface area contributed by atoms with E-state index in [-0.39, 0.29) is 11.9 Å². The van der Waals surface area contributed by atoms with Gasteiger partial charge in [0.25, 0.3) is 0 Å². The molecule has 0 bridgehead atoms. The smallest absolute Gasteiger partial charge is 0.123 e. The van der Waals surface area contributed by atoms with E-state index in [2.05, 4.69) is 34.1 Å². The van der Waals surface area contributed by atoms with Crippen molar-refractivity contribution >= 4 is 15.9 Å². The molecule has 1 unspecified atom stereocenters. The maximum absolute atomic E-state index is 13.5. The Labute approximate surface area is 127 Å². The van der Waals surface area contributed by atoms with Gasteiger partial charge in [-0.3, -0.25) is 0 Å². The molecule has 0 aliphatic heterocycles. The lowest BCUT2D eigenvalue weighted by molar-refractivity contribution is 0.416. The summed E-state index contributed by atoms with van der Waals surface area (Å²) in [6.07, 6.45) is 3.75. The molecule has 104 valence electrons. The number of hydrogen-bond donors (Lipinski definition) is 1. The van der Waals surface area contributed by atoms with Gasteiger partial charge in [-0.05, 0) is 53.6 Å². The predicted octanol–water partition coefficient (Wildman–Crippen LogP) is 4.90. The fourth-order valence-corrected chi connectivity index (χ4v) is 3.30. The summed E-state index contributed by atoms with van der Waals surface area (Å²) in [5, 5.41) is 0. The maximum atomic E-state index is 13.5. The van der Waals surface area contributed by atoms with Crippen molar-refractivity contribution in [1.82, 2.24) is 0 Å². The molecule has 3 heteroatoms. The minimum atomic E-state index is -0.295. The third-order valence-electron chi connectivity index (χ3n) is 4.17. The lowest BCUT2D eigenvalue weighted by atomic mass is 9.76. The van der Waals surface area contributed by atoms with E-state index < -0.39 is 0 Å². The van der Waals surface area contributed by atoms with Gasteiger partial charge in [-0.2, -0.15) is 0 Å². The first-order valence-corrected chi connectivity index (χ1v) is 7.75. The van der Waals surface area contributed by atoms with Crippen molar-refractivity contribution in [2.45, 2.75) is 31.2 Å². The Morgan fingerprint density at radius 1 is 1.10 bits per heavy atom. The average Bonchev–Trinajstić information content (AvgIpc) is 2.39. The van der Waals surface area contributed by atoms with Crippen LogP contribution in [0, 0.1) is 5.82 Å². The molecule has 1 nitrogen and oxygen atoms in total. The second kappa shape index (κ2) is 5.66. The molecule has 1 saturated carbocycles. The van der Waals surface area contributed by atoms with E-state index in [9.17, 15) is 4.39 Å². The van der Waals surface area contributed by atoms with Crippen LogP contribution in [0.2, 0.25) is 0 Å². The van der Waals surface area contributed by atoms with Gasteiger partial charge in [0.1, 0.15) is 5.82 Å². The van der Waals surface area contributed by atoms with Crippen molar-refractivity contribution in [2.24, 2.45) is 5.73 Å². The van der Waals surface area contributed by atoms with Crippen molar-refractivity contribution in [3.8, 4) is 0 Å². The van der Waals surface area contributed by atoms with Gasteiger partial charge in [0.05, 0.1) is 6.04 Å². The Balaban J connectivity index is 2.01. The molecule has 2 N–H and O–H groups in total. The first-order valence-electron chi connectivity index (χ1n) is 6.96. The first-order chi connectivity index (χ1) is 9.66. The maximum Gasteiger partial charge on any atom is 0.123 e. The molecule has 2 aromatic carbocycles. The van der Waals surface area contributed by atoms with E-state index in [1.165, 1.54) is 37.0 Å². The van der Waals surface area contributed by atoms with Gasteiger partial charge < -0.3 is 5.73 Å². The van der Waals surface area contributed by atoms with Crippen molar-refractivity contribution in [3.05, 3.63) is 69.4 Å². The van der Waals surface area contributed by atoms with Crippen LogP contribution in [0.3, 0.4) is 0 Å². The third kappa shape index (κ3) is 2.52. The molecule has 2 aromatic rings. The number of benzene rings is 2. The van der Waals surface area contributed by atoms with Crippen LogP contribution in [0.4, 0.5) is 4.39 Å². The summed E-state index contributed by atoms with van der Waals surface area (Å²) in [7, 11) is 0. The predicted molar refractivity (Wildman–Crippen MR) is 83.2 cm³/mol. The summed E-state index contributed by atoms with van der Waals surface area (Å²) in [6.45, 7) is 0. The number of hydrogen-bond acceptors (Lipinski definition) is 1. The van der Waals surface area contributed by atoms with Crippen LogP contribution in [0.15, 0.2) is 46.9 Å². The lowest BCUT2D eigenvalue weighted by Gasteiger charge is -2.29. The highest BCUT2D eigenvalue weighted by molar-refractivity contribution is 9.10. The van der Waals surface area contributed by atoms with Crippen LogP contribution in [-0.2, 0) is 0 Å². The van der Waals surface area contributed by atoms with E-state index in [0.29, 0.717) is 5.92 Å². The second-order valence-electron chi connectivity index (χ2n) is 5.40. The van der Waals surface area contributed by atoms with Crippen molar-refractivity contribution in [2.75, 3.05) is 0 Å². The largest absolute Gasteiger partial charge is 0.320 e. The van der Waals surface area contributed by atoms with Gasteiger partial charge in [-0.25, -0.2) is 4.39 Å². The fraction of sp³-hybridized carbons (Fsp3) is 0.294. The van der Waals surface area contributed by atoms with E-state index >= 15 is 0 Å². The molecular formula is C17H17BrFN. The Bertz CT molecular complexity index is 622. The summed E-state index contributed by atoms with van der Waals surface area (Å²) < 4.78 is 14.3. The van der Waals surface area contributed by atoms with Crippen LogP contribution in [0.1, 0.15) is 47.9 Å². The molecule has 1 fully saturated rings. The van der Waals surface area contributed by atoms with Crippen LogP contribution in [-0.4, -0.2) is 0 Å². The molecule has 1 aliphatic rings. The Morgan fingerprint density at radius 2 is 1.85 bits per heavy atom. The summed E-state index contributed by atoms with van der Waals surface area (Å²) in [6, 6.07) is 12.7. The van der Waals surface area contributed by atoms with Crippen LogP contribution >= 0.6 is 15.9 Å². The fourth-order valence-electron chi connectivity index (χ4n) is 2.81. The zero-order valence-electron chi connectivity index (χ0n) is 11.2. The van der Waals surface area contributed by atoms with Crippen molar-refractivity contribution < 1.29 is 4.39 Å². The number of rotatable bonds is 3. The molecule has 0 spiro atoms. The Hall–Kier alpha value is -1.19. The summed E-state index contributed by atoms with van der Waals surface area (Å²) >= 11 is 3.47. The summed E-state index contributed by atoms with van der Waals surface area (Å²) in [5.74, 6) is 0.365. The molecule has 0 radical (unpaired) electrons. The van der Waals surface area contributed by atoms with Gasteiger partial charge in [0, 0.05) is 4.47 Å². The SMILES string of the molecule is NC(c1cc(F)ccc1Br)c1ccccc1C1CCC1. The molecule has 0 heterocycles. The summed E-state index contributed by atoms with van der Waals surface area (Å²) in [4.78, 5) is 0. The second-order valence-corrected chi connectivity index (χ2v) is 6.25. The molecular weight excluding hydrogens is 317 g/mol. The van der Waals surface area contributed by atoms with Crippen LogP contribution < -0.4 is 5.73 Å². The zero-order valence-corrected chi connectivity index (χ0v) is 12.7. The lowest BCUT2D eigenvalue weighted by Crippen LogP contribution is -2.18. The van der Waals surface area contributed by atoms with E-state index in [4.69, 9.17) is 5.73 Å². The first kappa shape index (κ1) is 13.8. The normalized spacial score (nSPS) is 16.8. The van der Waals surface area contributed by atoms with Gasteiger partial charge in [0.15, 0.2) is 0 Å². The molecule has 0 saturated heterocycles. The van der Waals surface area contributed by atoms with E-state index in [0.717, 1.165) is 15.6 Å². The number of nitrogens with two attached hydrogens (primary N) is 1. The van der Waals surface area contributed by atoms with Crippen LogP contribution in [0.25, 0.3) is 0 Å². The highest BCUT2D eigenvalue weighted by Gasteiger charge is 2.25. The third-order valence-corrected chi connectivity index (χ3v) is 4.89. The van der Waals surface area contributed by atoms with Gasteiger partial charge in [0.2, 0.25) is 0 Å². The molecule has 1 atom stereocenters. The molecule has 0 aromatic heterocycles. The van der Waals surface area contributed by atoms with Crippen molar-refractivity contribution in [1.29, 1.82) is 0 Å². The Kier molecular flexibility index (Phi) is 3.90. The number of halogens is 2. The average molecular weight is 334 g/mol. The molecule has 3 rings (SSSR count). The summed E-state index contributed by atoms with van der Waals surface area (Å²) in [5.41, 5.74) is 9.65. The Morgan fingerprint density at radius 3 is 2.55 bits per heavy atom. The van der Waals surface area contributed by atoms with Crippen LogP contribution in [0.5, 0.6) is 0 Å². The van der Waals surface area contributed by atoms with E-state index in [1.807, 2.05) is 6.07 Å². The zero-order chi connectivity index (χ0) is 14.1. The standard InChI is InChI=1S/C17H17BrFN/c18-16-9-8-12(19)10-15(16)17(20)14-7-2-1-6-13(14)11-4-3-5-11/h1-2,6-11,17H,3-5,20H2. The van der Waals surface area contributed by atoms with Gasteiger partial charge >= 0.3 is 0 Å². The highest BCUT2D eigenvalue weighted by Crippen LogP contribution is 2.40. The monoisotopic (exact) mass is 333 g/mol. The molecule has 1 aliphatic carbocycles. The van der Waals surface area contributed by atoms with Gasteiger partial charge in [-0.15, -0.1) is 0 Å². The van der Waals surface area contributed by atoms with Gasteiger partial charge in [-0.1, -0.05) is 46.6 Å².